The SMILES string of the molecule is CNCCOCCc1ccc(NC(=O)Cc2ccc3c(c2)CN(C2CCC(=O)NC2=O)C3=O)cc1C(F)(F)F. The number of carbonyl (C=O) groups excluding carboxylic acids is 4. The molecule has 1 atom stereocenters. The molecule has 12 heteroatoms. The second-order valence-electron chi connectivity index (χ2n) is 9.45. The van der Waals surface area contributed by atoms with Crippen molar-refractivity contribution in [2.75, 3.05) is 32.1 Å². The molecule has 0 bridgehead atoms. The third kappa shape index (κ3) is 6.82. The van der Waals surface area contributed by atoms with Crippen LogP contribution < -0.4 is 16.0 Å². The summed E-state index contributed by atoms with van der Waals surface area (Å²) in [5.41, 5.74) is 0.874. The van der Waals surface area contributed by atoms with Crippen LogP contribution in [0.25, 0.3) is 0 Å². The first kappa shape index (κ1) is 28.2. The van der Waals surface area contributed by atoms with Crippen LogP contribution in [-0.4, -0.2) is 61.4 Å². The number of nitrogens with one attached hydrogen (secondary N) is 3. The maximum atomic E-state index is 13.7. The monoisotopic (exact) mass is 546 g/mol. The number of anilines is 1. The van der Waals surface area contributed by atoms with Crippen molar-refractivity contribution >= 4 is 29.3 Å². The van der Waals surface area contributed by atoms with Crippen LogP contribution in [0.1, 0.15) is 45.5 Å². The highest BCUT2D eigenvalue weighted by molar-refractivity contribution is 6.05. The Hall–Kier alpha value is -3.77. The predicted octanol–water partition coefficient (Wildman–Crippen LogP) is 2.43. The van der Waals surface area contributed by atoms with Crippen molar-refractivity contribution in [3.63, 3.8) is 0 Å². The van der Waals surface area contributed by atoms with Gasteiger partial charge in [-0.3, -0.25) is 24.5 Å². The number of hydrogen-bond donors (Lipinski definition) is 3. The number of carbonyl (C=O) groups is 4. The van der Waals surface area contributed by atoms with Crippen LogP contribution in [0.3, 0.4) is 0 Å². The van der Waals surface area contributed by atoms with Crippen molar-refractivity contribution in [3.05, 3.63) is 64.2 Å². The predicted molar refractivity (Wildman–Crippen MR) is 135 cm³/mol. The first-order chi connectivity index (χ1) is 18.6. The van der Waals surface area contributed by atoms with Crippen LogP contribution in [0.4, 0.5) is 18.9 Å². The Morgan fingerprint density at radius 2 is 1.92 bits per heavy atom. The number of halogens is 3. The molecule has 2 aliphatic heterocycles. The van der Waals surface area contributed by atoms with Gasteiger partial charge in [0.25, 0.3) is 5.91 Å². The van der Waals surface area contributed by atoms with Crippen molar-refractivity contribution in [2.24, 2.45) is 0 Å². The lowest BCUT2D eigenvalue weighted by atomic mass is 10.0. The third-order valence-corrected chi connectivity index (χ3v) is 6.66. The summed E-state index contributed by atoms with van der Waals surface area (Å²) in [6, 6.07) is 7.78. The van der Waals surface area contributed by atoms with E-state index in [4.69, 9.17) is 4.74 Å². The number of likely N-dealkylation sites (N-methyl/N-ethyl adjacent to an activating group) is 1. The number of alkyl halides is 3. The van der Waals surface area contributed by atoms with Crippen molar-refractivity contribution in [2.45, 2.75) is 44.4 Å². The van der Waals surface area contributed by atoms with Crippen LogP contribution in [0.15, 0.2) is 36.4 Å². The molecule has 0 spiro atoms. The van der Waals surface area contributed by atoms with Crippen molar-refractivity contribution in [3.8, 4) is 0 Å². The molecule has 0 aromatic heterocycles. The molecule has 1 saturated heterocycles. The number of fused-ring (bicyclic) bond motifs is 1. The summed E-state index contributed by atoms with van der Waals surface area (Å²) in [5.74, 6) is -1.74. The Balaban J connectivity index is 1.39. The number of ether oxygens (including phenoxy) is 1. The molecule has 0 radical (unpaired) electrons. The Kier molecular flexibility index (Phi) is 8.66. The van der Waals surface area contributed by atoms with E-state index < -0.39 is 29.6 Å². The lowest BCUT2D eigenvalue weighted by Gasteiger charge is -2.29. The molecule has 3 N–H and O–H groups in total. The molecule has 0 saturated carbocycles. The average Bonchev–Trinajstić information content (AvgIpc) is 3.19. The Morgan fingerprint density at radius 1 is 1.13 bits per heavy atom. The first-order valence-electron chi connectivity index (χ1n) is 12.6. The van der Waals surface area contributed by atoms with E-state index in [9.17, 15) is 32.3 Å². The van der Waals surface area contributed by atoms with Crippen LogP contribution in [0.5, 0.6) is 0 Å². The minimum absolute atomic E-state index is 0.0209. The van der Waals surface area contributed by atoms with Gasteiger partial charge in [-0.15, -0.1) is 0 Å². The summed E-state index contributed by atoms with van der Waals surface area (Å²) in [7, 11) is 1.75. The van der Waals surface area contributed by atoms with Crippen molar-refractivity contribution < 1.29 is 37.1 Å². The lowest BCUT2D eigenvalue weighted by Crippen LogP contribution is -2.52. The number of amides is 4. The first-order valence-corrected chi connectivity index (χ1v) is 12.6. The Labute approximate surface area is 223 Å². The summed E-state index contributed by atoms with van der Waals surface area (Å²) in [4.78, 5) is 50.6. The quantitative estimate of drug-likeness (QED) is 0.311. The zero-order chi connectivity index (χ0) is 28.2. The molecule has 9 nitrogen and oxygen atoms in total. The molecule has 0 aliphatic carbocycles. The molecular weight excluding hydrogens is 517 g/mol. The van der Waals surface area contributed by atoms with Crippen molar-refractivity contribution in [1.29, 1.82) is 0 Å². The molecule has 4 amide bonds. The summed E-state index contributed by atoms with van der Waals surface area (Å²) in [6.45, 7) is 1.27. The minimum atomic E-state index is -4.60. The molecule has 208 valence electrons. The fourth-order valence-electron chi connectivity index (χ4n) is 4.72. The fraction of sp³-hybridized carbons (Fsp3) is 0.407. The van der Waals surface area contributed by atoms with Crippen LogP contribution in [-0.2, 0) is 44.7 Å². The molecule has 4 rings (SSSR count). The van der Waals surface area contributed by atoms with Gasteiger partial charge in [0.1, 0.15) is 6.04 Å². The highest BCUT2D eigenvalue weighted by Gasteiger charge is 2.39. The van der Waals surface area contributed by atoms with E-state index in [1.54, 1.807) is 25.2 Å². The number of piperidine rings is 1. The smallest absolute Gasteiger partial charge is 0.380 e. The van der Waals surface area contributed by atoms with Crippen LogP contribution >= 0.6 is 0 Å². The molecular formula is C27H29F3N4O5. The topological polar surface area (TPSA) is 117 Å². The van der Waals surface area contributed by atoms with Crippen molar-refractivity contribution in [1.82, 2.24) is 15.5 Å². The number of imide groups is 1. The van der Waals surface area contributed by atoms with Gasteiger partial charge >= 0.3 is 6.18 Å². The van der Waals surface area contributed by atoms with Gasteiger partial charge in [0.05, 0.1) is 25.2 Å². The molecule has 2 aromatic carbocycles. The highest BCUT2D eigenvalue weighted by atomic mass is 19.4. The maximum absolute atomic E-state index is 13.7. The van der Waals surface area contributed by atoms with E-state index in [0.29, 0.717) is 29.8 Å². The van der Waals surface area contributed by atoms with Crippen LogP contribution in [0, 0.1) is 0 Å². The van der Waals surface area contributed by atoms with Gasteiger partial charge in [0, 0.05) is 30.8 Å². The Bertz CT molecular complexity index is 1280. The number of benzene rings is 2. The standard InChI is InChI=1S/C27H29F3N4O5/c1-31-9-11-39-10-8-17-3-4-19(14-21(17)27(28,29)30)32-24(36)13-16-2-5-20-18(12-16)15-34(26(20)38)22-6-7-23(35)33-25(22)37/h2-5,12,14,22,31H,6-11,13,15H2,1H3,(H,32,36)(H,33,35,37). The summed E-state index contributed by atoms with van der Waals surface area (Å²) < 4.78 is 46.4. The van der Waals surface area contributed by atoms with Gasteiger partial charge in [-0.05, 0) is 54.8 Å². The van der Waals surface area contributed by atoms with E-state index >= 15 is 0 Å². The maximum Gasteiger partial charge on any atom is 0.416 e. The summed E-state index contributed by atoms with van der Waals surface area (Å²) >= 11 is 0. The number of hydrogen-bond acceptors (Lipinski definition) is 6. The fourth-order valence-corrected chi connectivity index (χ4v) is 4.72. The van der Waals surface area contributed by atoms with Gasteiger partial charge in [-0.25, -0.2) is 0 Å². The number of nitrogens with zero attached hydrogens (tertiary/aromatic N) is 1. The van der Waals surface area contributed by atoms with Gasteiger partial charge in [0.15, 0.2) is 0 Å². The van der Waals surface area contributed by atoms with Gasteiger partial charge in [0.2, 0.25) is 17.7 Å². The zero-order valence-electron chi connectivity index (χ0n) is 21.3. The second-order valence-corrected chi connectivity index (χ2v) is 9.45. The third-order valence-electron chi connectivity index (χ3n) is 6.66. The lowest BCUT2D eigenvalue weighted by molar-refractivity contribution is -0.138. The van der Waals surface area contributed by atoms with Gasteiger partial charge in [-0.2, -0.15) is 13.2 Å². The molecule has 1 fully saturated rings. The normalized spacial score (nSPS) is 17.3. The average molecular weight is 547 g/mol. The summed E-state index contributed by atoms with van der Waals surface area (Å²) in [6.07, 6.45) is -4.26. The zero-order valence-corrected chi connectivity index (χ0v) is 21.3. The van der Waals surface area contributed by atoms with Gasteiger partial charge < -0.3 is 20.3 Å². The molecule has 2 aromatic rings. The Morgan fingerprint density at radius 3 is 2.64 bits per heavy atom. The highest BCUT2D eigenvalue weighted by Crippen LogP contribution is 2.34. The van der Waals surface area contributed by atoms with E-state index in [1.165, 1.54) is 17.0 Å². The molecule has 39 heavy (non-hydrogen) atoms. The van der Waals surface area contributed by atoms with E-state index in [2.05, 4.69) is 16.0 Å². The van der Waals surface area contributed by atoms with E-state index in [0.717, 1.165) is 6.07 Å². The van der Waals surface area contributed by atoms with Gasteiger partial charge in [-0.1, -0.05) is 18.2 Å². The second kappa shape index (κ2) is 12.0. The molecule has 2 heterocycles. The largest absolute Gasteiger partial charge is 0.416 e. The molecule has 2 aliphatic rings. The minimum Gasteiger partial charge on any atom is -0.380 e. The molecule has 1 unspecified atom stereocenters. The van der Waals surface area contributed by atoms with E-state index in [1.807, 2.05) is 0 Å². The van der Waals surface area contributed by atoms with Crippen LogP contribution in [0.2, 0.25) is 0 Å². The summed E-state index contributed by atoms with van der Waals surface area (Å²) in [5, 5.41) is 7.66. The number of rotatable bonds is 10. The van der Waals surface area contributed by atoms with E-state index in [-0.39, 0.29) is 61.9 Å².